The van der Waals surface area contributed by atoms with E-state index < -0.39 is 0 Å². The van der Waals surface area contributed by atoms with Gasteiger partial charge in [-0.15, -0.1) is 0 Å². The quantitative estimate of drug-likeness (QED) is 0.274. The first-order valence-electron chi connectivity index (χ1n) is 15.5. The van der Waals surface area contributed by atoms with Crippen LogP contribution in [0.1, 0.15) is 127 Å². The number of ether oxygens (including phenoxy) is 2. The minimum atomic E-state index is -0.142. The number of esters is 2. The van der Waals surface area contributed by atoms with Gasteiger partial charge in [-0.1, -0.05) is 60.1 Å². The van der Waals surface area contributed by atoms with Crippen LogP contribution in [0, 0.1) is 50.2 Å². The highest BCUT2D eigenvalue weighted by molar-refractivity contribution is 5.66. The van der Waals surface area contributed by atoms with E-state index in [-0.39, 0.29) is 45.1 Å². The maximum Gasteiger partial charge on any atom is 0.302 e. The topological polar surface area (TPSA) is 52.6 Å². The molecule has 4 heteroatoms. The fraction of sp³-hybridized carbons (Fsp3) is 0.882. The number of hydrogen-bond donors (Lipinski definition) is 0. The van der Waals surface area contributed by atoms with Gasteiger partial charge in [-0.2, -0.15) is 0 Å². The fourth-order valence-electron chi connectivity index (χ4n) is 11.5. The van der Waals surface area contributed by atoms with Gasteiger partial charge in [0.25, 0.3) is 0 Å². The monoisotopic (exact) mass is 526 g/mol. The molecule has 0 spiro atoms. The third-order valence-corrected chi connectivity index (χ3v) is 13.3. The summed E-state index contributed by atoms with van der Waals surface area (Å²) in [4.78, 5) is 23.9. The summed E-state index contributed by atoms with van der Waals surface area (Å²) in [6.07, 6.45) is 14.4. The summed E-state index contributed by atoms with van der Waals surface area (Å²) in [5.74, 6) is 1.50. The number of hydrogen-bond acceptors (Lipinski definition) is 4. The van der Waals surface area contributed by atoms with Crippen LogP contribution in [0.4, 0.5) is 0 Å². The summed E-state index contributed by atoms with van der Waals surface area (Å²) in [6, 6.07) is 0. The van der Waals surface area contributed by atoms with Crippen LogP contribution in [0.5, 0.6) is 0 Å². The first-order chi connectivity index (χ1) is 17.5. The van der Waals surface area contributed by atoms with Crippen molar-refractivity contribution < 1.29 is 19.1 Å². The van der Waals surface area contributed by atoms with Gasteiger partial charge in [0.2, 0.25) is 0 Å². The molecule has 38 heavy (non-hydrogen) atoms. The van der Waals surface area contributed by atoms with Gasteiger partial charge >= 0.3 is 11.9 Å². The number of carbonyl (C=O) groups excluding carboxylic acids is 2. The van der Waals surface area contributed by atoms with Crippen molar-refractivity contribution in [1.82, 2.24) is 0 Å². The Balaban J connectivity index is 1.52. The SMILES string of the molecule is CC(=O)OC[C@@]12CC=C3[C@]4(C)CC[C@H]5C(C)(C)[C@@H](OC(C)=O)CC[C@]5(C)[C@@H]4CC[C@@]3(C)[C@H]1CC(C)(C)CC2. The van der Waals surface area contributed by atoms with Gasteiger partial charge in [-0.3, -0.25) is 9.59 Å². The summed E-state index contributed by atoms with van der Waals surface area (Å²) in [5, 5.41) is 0. The highest BCUT2D eigenvalue weighted by Crippen LogP contribution is 2.75. The second kappa shape index (κ2) is 8.84. The molecule has 0 bridgehead atoms. The Morgan fingerprint density at radius 2 is 1.42 bits per heavy atom. The normalized spacial score (nSPS) is 46.8. The van der Waals surface area contributed by atoms with Crippen molar-refractivity contribution >= 4 is 11.9 Å². The Bertz CT molecular complexity index is 1020. The largest absolute Gasteiger partial charge is 0.465 e. The molecule has 4 fully saturated rings. The van der Waals surface area contributed by atoms with Crippen LogP contribution in [-0.2, 0) is 19.1 Å². The van der Waals surface area contributed by atoms with E-state index in [1.165, 1.54) is 38.5 Å². The molecule has 0 N–H and O–H groups in total. The van der Waals surface area contributed by atoms with Gasteiger partial charge in [0, 0.05) is 24.7 Å². The molecule has 5 aliphatic carbocycles. The van der Waals surface area contributed by atoms with Gasteiger partial charge in [-0.25, -0.2) is 0 Å². The lowest BCUT2D eigenvalue weighted by Gasteiger charge is -2.70. The summed E-state index contributed by atoms with van der Waals surface area (Å²) in [6.45, 7) is 21.1. The molecule has 0 aromatic rings. The third kappa shape index (κ3) is 4.04. The summed E-state index contributed by atoms with van der Waals surface area (Å²) >= 11 is 0. The number of rotatable bonds is 3. The molecule has 4 nitrogen and oxygen atoms in total. The maximum atomic E-state index is 11.9. The van der Waals surface area contributed by atoms with E-state index in [2.05, 4.69) is 54.5 Å². The first-order valence-corrected chi connectivity index (χ1v) is 15.5. The van der Waals surface area contributed by atoms with Crippen LogP contribution in [0.25, 0.3) is 0 Å². The Labute approximate surface area is 232 Å². The molecule has 8 atom stereocenters. The lowest BCUT2D eigenvalue weighted by molar-refractivity contribution is -0.200. The zero-order chi connectivity index (χ0) is 27.9. The van der Waals surface area contributed by atoms with Crippen molar-refractivity contribution in [3.63, 3.8) is 0 Å². The molecule has 5 rings (SSSR count). The zero-order valence-corrected chi connectivity index (χ0v) is 25.8. The molecule has 0 aromatic carbocycles. The average molecular weight is 527 g/mol. The molecule has 0 unspecified atom stereocenters. The van der Waals surface area contributed by atoms with Gasteiger partial charge in [0.1, 0.15) is 6.10 Å². The van der Waals surface area contributed by atoms with Crippen LogP contribution in [-0.4, -0.2) is 24.6 Å². The van der Waals surface area contributed by atoms with Crippen molar-refractivity contribution in [1.29, 1.82) is 0 Å². The molecule has 4 saturated carbocycles. The summed E-state index contributed by atoms with van der Waals surface area (Å²) < 4.78 is 11.7. The van der Waals surface area contributed by atoms with Crippen LogP contribution in [0.15, 0.2) is 11.6 Å². The van der Waals surface area contributed by atoms with E-state index in [4.69, 9.17) is 9.47 Å². The number of allylic oxidation sites excluding steroid dienone is 2. The Hall–Kier alpha value is -1.32. The van der Waals surface area contributed by atoms with Gasteiger partial charge in [-0.05, 0) is 104 Å². The first kappa shape index (κ1) is 28.2. The van der Waals surface area contributed by atoms with E-state index in [1.807, 2.05) is 0 Å². The molecule has 5 aliphatic rings. The lowest BCUT2D eigenvalue weighted by Crippen LogP contribution is -2.63. The van der Waals surface area contributed by atoms with Crippen LogP contribution >= 0.6 is 0 Å². The molecule has 214 valence electrons. The Morgan fingerprint density at radius 3 is 2.05 bits per heavy atom. The molecular formula is C34H54O4. The predicted molar refractivity (Wildman–Crippen MR) is 151 cm³/mol. The third-order valence-electron chi connectivity index (χ3n) is 13.3. The van der Waals surface area contributed by atoms with E-state index in [0.717, 1.165) is 25.7 Å². The highest BCUT2D eigenvalue weighted by Gasteiger charge is 2.67. The zero-order valence-electron chi connectivity index (χ0n) is 25.8. The van der Waals surface area contributed by atoms with Crippen LogP contribution < -0.4 is 0 Å². The average Bonchev–Trinajstić information content (AvgIpc) is 2.79. The minimum absolute atomic E-state index is 0.00568. The van der Waals surface area contributed by atoms with Crippen molar-refractivity contribution in [2.75, 3.05) is 6.61 Å². The van der Waals surface area contributed by atoms with Crippen molar-refractivity contribution in [3.05, 3.63) is 11.6 Å². The molecule has 0 aromatic heterocycles. The van der Waals surface area contributed by atoms with Gasteiger partial charge in [0.05, 0.1) is 6.61 Å². The van der Waals surface area contributed by atoms with E-state index in [0.29, 0.717) is 29.8 Å². The second-order valence-corrected chi connectivity index (χ2v) is 16.4. The van der Waals surface area contributed by atoms with Gasteiger partial charge in [0.15, 0.2) is 0 Å². The van der Waals surface area contributed by atoms with Crippen molar-refractivity contribution in [2.45, 2.75) is 133 Å². The van der Waals surface area contributed by atoms with Crippen LogP contribution in [0.3, 0.4) is 0 Å². The Morgan fingerprint density at radius 1 is 0.789 bits per heavy atom. The summed E-state index contributed by atoms with van der Waals surface area (Å²) in [5.41, 5.74) is 2.76. The predicted octanol–water partition coefficient (Wildman–Crippen LogP) is 8.28. The van der Waals surface area contributed by atoms with E-state index in [1.54, 1.807) is 19.4 Å². The number of carbonyl (C=O) groups is 2. The molecular weight excluding hydrogens is 472 g/mol. The number of fused-ring (bicyclic) bond motifs is 7. The molecule has 0 aliphatic heterocycles. The smallest absolute Gasteiger partial charge is 0.302 e. The minimum Gasteiger partial charge on any atom is -0.465 e. The van der Waals surface area contributed by atoms with Crippen molar-refractivity contribution in [2.24, 2.45) is 50.2 Å². The highest BCUT2D eigenvalue weighted by atomic mass is 16.5. The van der Waals surface area contributed by atoms with Crippen LogP contribution in [0.2, 0.25) is 0 Å². The summed E-state index contributed by atoms with van der Waals surface area (Å²) in [7, 11) is 0. The lowest BCUT2D eigenvalue weighted by atomic mass is 9.34. The van der Waals surface area contributed by atoms with Crippen molar-refractivity contribution in [3.8, 4) is 0 Å². The molecule has 0 amide bonds. The van der Waals surface area contributed by atoms with Gasteiger partial charge < -0.3 is 9.47 Å². The fourth-order valence-corrected chi connectivity index (χ4v) is 11.5. The Kier molecular flexibility index (Phi) is 6.56. The molecule has 0 heterocycles. The molecule has 0 saturated heterocycles. The standard InChI is InChI=1S/C34H54O4/c1-22(35)37-21-34-17-12-26-32(8)14-10-24-30(5,6)28(38-23(2)36)13-16-31(24,7)25(32)11-15-33(26,9)27(34)20-29(3,4)18-19-34/h12,24-25,27-28H,10-11,13-21H2,1-9H3/t24-,25-,27+,28-,31-,32+,33+,34-/m0/s1. The van der Waals surface area contributed by atoms with E-state index >= 15 is 0 Å². The second-order valence-electron chi connectivity index (χ2n) is 16.4. The van der Waals surface area contributed by atoms with E-state index in [9.17, 15) is 9.59 Å². The molecule has 0 radical (unpaired) electrons. The maximum absolute atomic E-state index is 11.9.